The SMILES string of the molecule is CCN(Cc1ccc(N(C)C)cc1)C(=O)CCNS(=O)(=O)c1ccc(OC)c(OC)c1. The van der Waals surface area contributed by atoms with Crippen molar-refractivity contribution in [2.75, 3.05) is 46.3 Å². The maximum absolute atomic E-state index is 12.6. The van der Waals surface area contributed by atoms with Gasteiger partial charge in [0.05, 0.1) is 19.1 Å². The molecule has 0 fully saturated rings. The quantitative estimate of drug-likeness (QED) is 0.567. The fraction of sp³-hybridized carbons (Fsp3) is 0.409. The van der Waals surface area contributed by atoms with Crippen LogP contribution in [-0.4, -0.2) is 60.6 Å². The second-order valence-corrected chi connectivity index (χ2v) is 8.90. The van der Waals surface area contributed by atoms with E-state index in [2.05, 4.69) is 4.72 Å². The number of benzene rings is 2. The molecule has 0 atom stereocenters. The van der Waals surface area contributed by atoms with Gasteiger partial charge in [0.25, 0.3) is 0 Å². The van der Waals surface area contributed by atoms with Crippen molar-refractivity contribution >= 4 is 21.6 Å². The second-order valence-electron chi connectivity index (χ2n) is 7.13. The molecule has 0 saturated heterocycles. The highest BCUT2D eigenvalue weighted by molar-refractivity contribution is 7.89. The molecule has 8 nitrogen and oxygen atoms in total. The first-order chi connectivity index (χ1) is 14.7. The Kier molecular flexibility index (Phi) is 8.70. The fourth-order valence-electron chi connectivity index (χ4n) is 3.01. The van der Waals surface area contributed by atoms with Crippen LogP contribution in [0.2, 0.25) is 0 Å². The highest BCUT2D eigenvalue weighted by atomic mass is 32.2. The standard InChI is InChI=1S/C22H31N3O5S/c1-6-25(16-17-7-9-18(10-8-17)24(2)3)22(26)13-14-23-31(27,28)19-11-12-20(29-4)21(15-19)30-5/h7-12,15,23H,6,13-14,16H2,1-5H3. The van der Waals surface area contributed by atoms with E-state index in [1.165, 1.54) is 32.4 Å². The molecule has 2 rings (SSSR count). The zero-order chi connectivity index (χ0) is 23.0. The van der Waals surface area contributed by atoms with E-state index in [0.717, 1.165) is 11.3 Å². The molecule has 31 heavy (non-hydrogen) atoms. The van der Waals surface area contributed by atoms with Gasteiger partial charge < -0.3 is 19.3 Å². The molecule has 0 aliphatic rings. The molecule has 0 aromatic heterocycles. The smallest absolute Gasteiger partial charge is 0.240 e. The molecule has 0 aliphatic carbocycles. The first-order valence-corrected chi connectivity index (χ1v) is 11.5. The van der Waals surface area contributed by atoms with Crippen LogP contribution in [0, 0.1) is 0 Å². The zero-order valence-electron chi connectivity index (χ0n) is 18.7. The topological polar surface area (TPSA) is 88.2 Å². The first-order valence-electron chi connectivity index (χ1n) is 9.97. The van der Waals surface area contributed by atoms with E-state index in [9.17, 15) is 13.2 Å². The van der Waals surface area contributed by atoms with E-state index in [1.54, 1.807) is 4.90 Å². The summed E-state index contributed by atoms with van der Waals surface area (Å²) in [6, 6.07) is 12.3. The van der Waals surface area contributed by atoms with Crippen molar-refractivity contribution in [1.82, 2.24) is 9.62 Å². The van der Waals surface area contributed by atoms with Crippen molar-refractivity contribution in [3.05, 3.63) is 48.0 Å². The highest BCUT2D eigenvalue weighted by Crippen LogP contribution is 2.29. The summed E-state index contributed by atoms with van der Waals surface area (Å²) in [6.45, 7) is 2.92. The monoisotopic (exact) mass is 449 g/mol. The van der Waals surface area contributed by atoms with Crippen molar-refractivity contribution in [1.29, 1.82) is 0 Å². The summed E-state index contributed by atoms with van der Waals surface area (Å²) < 4.78 is 37.9. The minimum atomic E-state index is -3.78. The molecule has 2 aromatic rings. The Hall–Kier alpha value is -2.78. The Morgan fingerprint density at radius 1 is 1.00 bits per heavy atom. The van der Waals surface area contributed by atoms with Crippen LogP contribution in [0.5, 0.6) is 11.5 Å². The van der Waals surface area contributed by atoms with Gasteiger partial charge in [0.1, 0.15) is 0 Å². The summed E-state index contributed by atoms with van der Waals surface area (Å²) >= 11 is 0. The van der Waals surface area contributed by atoms with E-state index in [4.69, 9.17) is 9.47 Å². The van der Waals surface area contributed by atoms with Crippen LogP contribution < -0.4 is 19.1 Å². The third-order valence-corrected chi connectivity index (χ3v) is 6.32. The van der Waals surface area contributed by atoms with Crippen LogP contribution in [-0.2, 0) is 21.4 Å². The number of amides is 1. The number of sulfonamides is 1. The third kappa shape index (κ3) is 6.60. The lowest BCUT2D eigenvalue weighted by Crippen LogP contribution is -2.34. The van der Waals surface area contributed by atoms with Crippen molar-refractivity contribution in [2.45, 2.75) is 24.8 Å². The number of ether oxygens (including phenoxy) is 2. The highest BCUT2D eigenvalue weighted by Gasteiger charge is 2.18. The van der Waals surface area contributed by atoms with Gasteiger partial charge in [0.15, 0.2) is 11.5 Å². The van der Waals surface area contributed by atoms with Crippen molar-refractivity contribution in [2.24, 2.45) is 0 Å². The molecular weight excluding hydrogens is 418 g/mol. The van der Waals surface area contributed by atoms with Gasteiger partial charge in [-0.05, 0) is 36.8 Å². The lowest BCUT2D eigenvalue weighted by atomic mass is 10.2. The normalized spacial score (nSPS) is 11.1. The summed E-state index contributed by atoms with van der Waals surface area (Å²) in [4.78, 5) is 16.4. The molecule has 0 aliphatic heterocycles. The average molecular weight is 450 g/mol. The molecule has 2 aromatic carbocycles. The summed E-state index contributed by atoms with van der Waals surface area (Å²) in [5, 5.41) is 0. The number of hydrogen-bond donors (Lipinski definition) is 1. The number of methoxy groups -OCH3 is 2. The summed E-state index contributed by atoms with van der Waals surface area (Å²) in [6.07, 6.45) is 0.0656. The number of carbonyl (C=O) groups is 1. The van der Waals surface area contributed by atoms with E-state index >= 15 is 0 Å². The number of anilines is 1. The lowest BCUT2D eigenvalue weighted by Gasteiger charge is -2.22. The van der Waals surface area contributed by atoms with Gasteiger partial charge in [-0.1, -0.05) is 12.1 Å². The first kappa shape index (κ1) is 24.5. The molecule has 0 saturated carbocycles. The van der Waals surface area contributed by atoms with Crippen LogP contribution in [0.1, 0.15) is 18.9 Å². The van der Waals surface area contributed by atoms with Gasteiger partial charge in [-0.15, -0.1) is 0 Å². The van der Waals surface area contributed by atoms with Crippen molar-refractivity contribution in [3.63, 3.8) is 0 Å². The van der Waals surface area contributed by atoms with Gasteiger partial charge in [0, 0.05) is 51.9 Å². The third-order valence-electron chi connectivity index (χ3n) is 4.86. The second kappa shape index (κ2) is 11.0. The molecule has 9 heteroatoms. The Morgan fingerprint density at radius 2 is 1.65 bits per heavy atom. The van der Waals surface area contributed by atoms with Crippen LogP contribution in [0.3, 0.4) is 0 Å². The van der Waals surface area contributed by atoms with Gasteiger partial charge in [0.2, 0.25) is 15.9 Å². The predicted octanol–water partition coefficient (Wildman–Crippen LogP) is 2.49. The maximum atomic E-state index is 12.6. The van der Waals surface area contributed by atoms with E-state index in [0.29, 0.717) is 24.6 Å². The van der Waals surface area contributed by atoms with E-state index in [-0.39, 0.29) is 23.8 Å². The van der Waals surface area contributed by atoms with Crippen molar-refractivity contribution < 1.29 is 22.7 Å². The van der Waals surface area contributed by atoms with Crippen molar-refractivity contribution in [3.8, 4) is 11.5 Å². The molecule has 1 amide bonds. The Labute approximate surface area is 184 Å². The van der Waals surface area contributed by atoms with Crippen LogP contribution in [0.4, 0.5) is 5.69 Å². The number of nitrogens with zero attached hydrogens (tertiary/aromatic N) is 2. The number of rotatable bonds is 11. The number of hydrogen-bond acceptors (Lipinski definition) is 6. The van der Waals surface area contributed by atoms with Crippen LogP contribution in [0.25, 0.3) is 0 Å². The minimum Gasteiger partial charge on any atom is -0.493 e. The predicted molar refractivity (Wildman–Crippen MR) is 121 cm³/mol. The largest absolute Gasteiger partial charge is 0.493 e. The summed E-state index contributed by atoms with van der Waals surface area (Å²) in [5.74, 6) is 0.641. The van der Waals surface area contributed by atoms with Gasteiger partial charge in [-0.2, -0.15) is 0 Å². The molecular formula is C22H31N3O5S. The molecule has 0 unspecified atom stereocenters. The lowest BCUT2D eigenvalue weighted by molar-refractivity contribution is -0.131. The number of carbonyl (C=O) groups excluding carboxylic acids is 1. The average Bonchev–Trinajstić information content (AvgIpc) is 2.76. The van der Waals surface area contributed by atoms with Gasteiger partial charge >= 0.3 is 0 Å². The van der Waals surface area contributed by atoms with Crippen LogP contribution >= 0.6 is 0 Å². The minimum absolute atomic E-state index is 0.00553. The molecule has 0 bridgehead atoms. The molecule has 0 radical (unpaired) electrons. The Balaban J connectivity index is 1.95. The number of nitrogens with one attached hydrogen (secondary N) is 1. The van der Waals surface area contributed by atoms with Crippen LogP contribution in [0.15, 0.2) is 47.4 Å². The Morgan fingerprint density at radius 3 is 2.19 bits per heavy atom. The van der Waals surface area contributed by atoms with Gasteiger partial charge in [-0.3, -0.25) is 4.79 Å². The Bertz CT molecular complexity index is 975. The molecule has 0 spiro atoms. The molecule has 0 heterocycles. The van der Waals surface area contributed by atoms with E-state index < -0.39 is 10.0 Å². The zero-order valence-corrected chi connectivity index (χ0v) is 19.5. The van der Waals surface area contributed by atoms with Gasteiger partial charge in [-0.25, -0.2) is 13.1 Å². The molecule has 170 valence electrons. The maximum Gasteiger partial charge on any atom is 0.240 e. The van der Waals surface area contributed by atoms with E-state index in [1.807, 2.05) is 50.2 Å². The fourth-order valence-corrected chi connectivity index (χ4v) is 4.06. The molecule has 1 N–H and O–H groups in total. The summed E-state index contributed by atoms with van der Waals surface area (Å²) in [5.41, 5.74) is 2.11. The summed E-state index contributed by atoms with van der Waals surface area (Å²) in [7, 11) is 3.08.